The second-order valence-electron chi connectivity index (χ2n) is 10.7. The molecule has 0 radical (unpaired) electrons. The van der Waals surface area contributed by atoms with E-state index in [4.69, 9.17) is 0 Å². The number of hydrogen-bond donors (Lipinski definition) is 0. The number of carbonyl (C=O) groups is 3. The van der Waals surface area contributed by atoms with E-state index < -0.39 is 0 Å². The van der Waals surface area contributed by atoms with E-state index in [-0.39, 0.29) is 29.1 Å². The topological polar surface area (TPSA) is 65.9 Å². The van der Waals surface area contributed by atoms with E-state index in [1.54, 1.807) is 11.3 Å². The van der Waals surface area contributed by atoms with E-state index in [1.807, 2.05) is 74.2 Å². The van der Waals surface area contributed by atoms with Gasteiger partial charge in [-0.1, -0.05) is 24.3 Å². The van der Waals surface area contributed by atoms with Crippen molar-refractivity contribution < 1.29 is 14.4 Å². The van der Waals surface area contributed by atoms with Gasteiger partial charge in [0, 0.05) is 62.0 Å². The third-order valence-corrected chi connectivity index (χ3v) is 9.38. The standard InChI is InChI=1S/C28H32N4O3S/c1-29-23-7-3-2-5-20(23)15-24(29)27(35)30-11-8-28(9-12-30)10-13-31(19-28)26(34)21-16-25(33)32(17-21)18-22-6-4-14-36-22/h2-7,14-15,21H,8-13,16-19H2,1H3. The van der Waals surface area contributed by atoms with E-state index in [1.165, 1.54) is 0 Å². The van der Waals surface area contributed by atoms with E-state index in [2.05, 4.69) is 0 Å². The molecule has 3 amide bonds. The number of fused-ring (bicyclic) bond motifs is 1. The lowest BCUT2D eigenvalue weighted by Gasteiger charge is -2.39. The summed E-state index contributed by atoms with van der Waals surface area (Å²) in [5, 5.41) is 3.10. The monoisotopic (exact) mass is 504 g/mol. The van der Waals surface area contributed by atoms with E-state index in [0.717, 1.165) is 66.9 Å². The maximum Gasteiger partial charge on any atom is 0.270 e. The van der Waals surface area contributed by atoms with Gasteiger partial charge in [0.15, 0.2) is 0 Å². The Balaban J connectivity index is 1.06. The van der Waals surface area contributed by atoms with Crippen molar-refractivity contribution in [3.8, 4) is 0 Å². The van der Waals surface area contributed by atoms with Crippen molar-refractivity contribution in [1.82, 2.24) is 19.3 Å². The lowest BCUT2D eigenvalue weighted by Crippen LogP contribution is -2.45. The molecule has 1 atom stereocenters. The van der Waals surface area contributed by atoms with Gasteiger partial charge in [0.25, 0.3) is 5.91 Å². The average molecular weight is 505 g/mol. The minimum Gasteiger partial charge on any atom is -0.342 e. The van der Waals surface area contributed by atoms with Crippen molar-refractivity contribution in [1.29, 1.82) is 0 Å². The number of benzene rings is 1. The summed E-state index contributed by atoms with van der Waals surface area (Å²) in [6, 6.07) is 14.1. The number of aromatic nitrogens is 1. The fourth-order valence-corrected chi connectivity index (χ4v) is 7.03. The van der Waals surface area contributed by atoms with Crippen LogP contribution in [0, 0.1) is 11.3 Å². The minimum absolute atomic E-state index is 0.0795. The van der Waals surface area contributed by atoms with Crippen molar-refractivity contribution in [2.75, 3.05) is 32.7 Å². The van der Waals surface area contributed by atoms with Crippen LogP contribution in [0.5, 0.6) is 0 Å². The zero-order chi connectivity index (χ0) is 24.9. The van der Waals surface area contributed by atoms with Gasteiger partial charge in [-0.05, 0) is 48.3 Å². The van der Waals surface area contributed by atoms with Crippen LogP contribution >= 0.6 is 11.3 Å². The molecule has 0 aliphatic carbocycles. The number of aryl methyl sites for hydroxylation is 1. The molecule has 1 unspecified atom stereocenters. The molecule has 3 aliphatic heterocycles. The molecule has 1 spiro atoms. The van der Waals surface area contributed by atoms with Crippen molar-refractivity contribution in [3.63, 3.8) is 0 Å². The number of carbonyl (C=O) groups excluding carboxylic acids is 3. The molecule has 3 aliphatic rings. The van der Waals surface area contributed by atoms with Gasteiger partial charge in [0.05, 0.1) is 12.5 Å². The number of rotatable bonds is 4. The predicted octanol–water partition coefficient (Wildman–Crippen LogP) is 3.74. The first kappa shape index (κ1) is 23.3. The Hall–Kier alpha value is -3.13. The van der Waals surface area contributed by atoms with Gasteiger partial charge < -0.3 is 19.3 Å². The van der Waals surface area contributed by atoms with Crippen LogP contribution in [0.15, 0.2) is 47.8 Å². The molecule has 5 heterocycles. The molecule has 0 N–H and O–H groups in total. The first-order chi connectivity index (χ1) is 17.4. The summed E-state index contributed by atoms with van der Waals surface area (Å²) < 4.78 is 1.99. The molecule has 7 nitrogen and oxygen atoms in total. The van der Waals surface area contributed by atoms with E-state index >= 15 is 0 Å². The summed E-state index contributed by atoms with van der Waals surface area (Å²) >= 11 is 1.65. The Morgan fingerprint density at radius 2 is 1.78 bits per heavy atom. The summed E-state index contributed by atoms with van der Waals surface area (Å²) in [4.78, 5) is 46.1. The van der Waals surface area contributed by atoms with Crippen LogP contribution < -0.4 is 0 Å². The largest absolute Gasteiger partial charge is 0.342 e. The van der Waals surface area contributed by atoms with Crippen LogP contribution in [0.4, 0.5) is 0 Å². The third kappa shape index (κ3) is 4.11. The minimum atomic E-state index is -0.235. The number of thiophene rings is 1. The second kappa shape index (κ2) is 9.07. The summed E-state index contributed by atoms with van der Waals surface area (Å²) in [6.07, 6.45) is 3.14. The van der Waals surface area contributed by atoms with E-state index in [0.29, 0.717) is 19.5 Å². The molecule has 2 aromatic heterocycles. The highest BCUT2D eigenvalue weighted by molar-refractivity contribution is 7.09. The van der Waals surface area contributed by atoms with Gasteiger partial charge >= 0.3 is 0 Å². The molecule has 0 bridgehead atoms. The van der Waals surface area contributed by atoms with Gasteiger partial charge in [-0.25, -0.2) is 0 Å². The smallest absolute Gasteiger partial charge is 0.270 e. The molecule has 1 aromatic carbocycles. The van der Waals surface area contributed by atoms with Crippen LogP contribution in [0.25, 0.3) is 10.9 Å². The van der Waals surface area contributed by atoms with Crippen molar-refractivity contribution in [3.05, 3.63) is 58.4 Å². The summed E-state index contributed by atoms with van der Waals surface area (Å²) in [6.45, 7) is 4.07. The molecule has 3 fully saturated rings. The highest BCUT2D eigenvalue weighted by atomic mass is 32.1. The first-order valence-electron chi connectivity index (χ1n) is 12.9. The van der Waals surface area contributed by atoms with Crippen LogP contribution in [0.1, 0.15) is 41.0 Å². The van der Waals surface area contributed by atoms with E-state index in [9.17, 15) is 14.4 Å². The Bertz CT molecular complexity index is 1310. The predicted molar refractivity (Wildman–Crippen MR) is 140 cm³/mol. The highest BCUT2D eigenvalue weighted by Crippen LogP contribution is 2.41. The molecule has 0 saturated carbocycles. The van der Waals surface area contributed by atoms with Crippen LogP contribution in [-0.4, -0.2) is 69.7 Å². The Labute approximate surface area is 215 Å². The Morgan fingerprint density at radius 1 is 1.03 bits per heavy atom. The van der Waals surface area contributed by atoms with Crippen molar-refractivity contribution in [2.45, 2.75) is 32.2 Å². The number of piperidine rings is 1. The zero-order valence-corrected chi connectivity index (χ0v) is 21.5. The summed E-state index contributed by atoms with van der Waals surface area (Å²) in [5.41, 5.74) is 1.89. The number of likely N-dealkylation sites (tertiary alicyclic amines) is 3. The van der Waals surface area contributed by atoms with Gasteiger partial charge in [-0.2, -0.15) is 0 Å². The number of amides is 3. The lowest BCUT2D eigenvalue weighted by molar-refractivity contribution is -0.135. The number of nitrogens with zero attached hydrogens (tertiary/aromatic N) is 4. The summed E-state index contributed by atoms with van der Waals surface area (Å²) in [7, 11) is 1.96. The van der Waals surface area contributed by atoms with Crippen molar-refractivity contribution >= 4 is 40.0 Å². The Morgan fingerprint density at radius 3 is 2.50 bits per heavy atom. The molecule has 8 heteroatoms. The van der Waals surface area contributed by atoms with Gasteiger partial charge in [0.2, 0.25) is 11.8 Å². The van der Waals surface area contributed by atoms with Crippen LogP contribution in [-0.2, 0) is 23.2 Å². The first-order valence-corrected chi connectivity index (χ1v) is 13.7. The normalized spacial score (nSPS) is 21.8. The van der Waals surface area contributed by atoms with Crippen LogP contribution in [0.3, 0.4) is 0 Å². The van der Waals surface area contributed by atoms with Gasteiger partial charge in [-0.3, -0.25) is 14.4 Å². The van der Waals surface area contributed by atoms with Crippen LogP contribution in [0.2, 0.25) is 0 Å². The number of hydrogen-bond acceptors (Lipinski definition) is 4. The lowest BCUT2D eigenvalue weighted by atomic mass is 9.77. The molecule has 6 rings (SSSR count). The quantitative estimate of drug-likeness (QED) is 0.544. The summed E-state index contributed by atoms with van der Waals surface area (Å²) in [5.74, 6) is 0.0595. The average Bonchev–Trinajstić information content (AvgIpc) is 3.68. The zero-order valence-electron chi connectivity index (χ0n) is 20.7. The molecular weight excluding hydrogens is 472 g/mol. The SMILES string of the molecule is Cn1c(C(=O)N2CCC3(CC2)CCN(C(=O)C2CC(=O)N(Cc4cccs4)C2)C3)cc2ccccc21. The fraction of sp³-hybridized carbons (Fsp3) is 0.464. The molecule has 3 saturated heterocycles. The number of para-hydroxylation sites is 1. The van der Waals surface area contributed by atoms with Gasteiger partial charge in [-0.15, -0.1) is 11.3 Å². The molecule has 3 aromatic rings. The van der Waals surface area contributed by atoms with Crippen molar-refractivity contribution in [2.24, 2.45) is 18.4 Å². The second-order valence-corrected chi connectivity index (χ2v) is 11.7. The molecule has 188 valence electrons. The third-order valence-electron chi connectivity index (χ3n) is 8.52. The maximum absolute atomic E-state index is 13.3. The van der Waals surface area contributed by atoms with Gasteiger partial charge in [0.1, 0.15) is 5.69 Å². The fourth-order valence-electron chi connectivity index (χ4n) is 6.31. The Kier molecular flexibility index (Phi) is 5.86. The highest BCUT2D eigenvalue weighted by Gasteiger charge is 2.45. The maximum atomic E-state index is 13.3. The molecular formula is C28H32N4O3S. The molecule has 36 heavy (non-hydrogen) atoms.